The number of hydrogen-bond donors (Lipinski definition) is 4. The number of thioether (sulfide) groups is 1. The summed E-state index contributed by atoms with van der Waals surface area (Å²) in [6.45, 7) is 6.85. The van der Waals surface area contributed by atoms with Gasteiger partial charge in [-0.2, -0.15) is 5.26 Å². The number of carboxylic acid groups (broad SMARTS) is 1. The van der Waals surface area contributed by atoms with Crippen molar-refractivity contribution < 1.29 is 38.6 Å². The van der Waals surface area contributed by atoms with Crippen molar-refractivity contribution in [2.75, 3.05) is 17.6 Å². The van der Waals surface area contributed by atoms with Crippen LogP contribution in [0.15, 0.2) is 54.6 Å². The third-order valence-corrected chi connectivity index (χ3v) is 8.79. The highest BCUT2D eigenvalue weighted by atomic mass is 32.2. The number of anilines is 1. The highest BCUT2D eigenvalue weighted by Gasteiger charge is 2.35. The minimum Gasteiger partial charge on any atom is -0.480 e. The zero-order valence-corrected chi connectivity index (χ0v) is 29.6. The van der Waals surface area contributed by atoms with Crippen LogP contribution in [0.1, 0.15) is 64.5 Å². The normalized spacial score (nSPS) is 15.9. The van der Waals surface area contributed by atoms with Crippen LogP contribution in [0, 0.1) is 17.2 Å². The summed E-state index contributed by atoms with van der Waals surface area (Å²) in [4.78, 5) is 77.0. The van der Waals surface area contributed by atoms with Crippen molar-refractivity contribution in [2.24, 2.45) is 5.92 Å². The van der Waals surface area contributed by atoms with Gasteiger partial charge in [0.1, 0.15) is 23.7 Å². The molecule has 0 saturated carbocycles. The van der Waals surface area contributed by atoms with Crippen molar-refractivity contribution in [1.29, 1.82) is 5.26 Å². The molecule has 1 heterocycles. The maximum Gasteiger partial charge on any atom is 0.408 e. The van der Waals surface area contributed by atoms with Gasteiger partial charge in [-0.15, -0.1) is 0 Å². The fourth-order valence-corrected chi connectivity index (χ4v) is 6.07. The van der Waals surface area contributed by atoms with Crippen molar-refractivity contribution in [3.05, 3.63) is 65.7 Å². The SMILES string of the molecule is CC(=O)SCC(Cc1ccccc1)C(=O)NC(Cc1ccc(NC(=O)CCC(NC(=O)OC(C)(C)C)C(=O)N2CCCC2C#N)cc1)C(=O)O. The average Bonchev–Trinajstić information content (AvgIpc) is 3.53. The predicted octanol–water partition coefficient (Wildman–Crippen LogP) is 4.06. The van der Waals surface area contributed by atoms with Gasteiger partial charge in [-0.25, -0.2) is 9.59 Å². The van der Waals surface area contributed by atoms with Gasteiger partial charge in [0, 0.05) is 37.8 Å². The molecular weight excluding hydrogens is 662 g/mol. The largest absolute Gasteiger partial charge is 0.480 e. The van der Waals surface area contributed by atoms with Gasteiger partial charge in [0.15, 0.2) is 5.12 Å². The summed E-state index contributed by atoms with van der Waals surface area (Å²) in [6.07, 6.45) is 0.550. The number of aliphatic carboxylic acids is 1. The number of rotatable bonds is 15. The van der Waals surface area contributed by atoms with Gasteiger partial charge in [0.2, 0.25) is 17.7 Å². The maximum absolute atomic E-state index is 13.3. The molecule has 2 aromatic rings. The lowest BCUT2D eigenvalue weighted by atomic mass is 9.99. The van der Waals surface area contributed by atoms with Crippen molar-refractivity contribution in [3.63, 3.8) is 0 Å². The quantitative estimate of drug-likeness (QED) is 0.210. The number of carbonyl (C=O) groups excluding carboxylic acids is 5. The van der Waals surface area contributed by atoms with Crippen molar-refractivity contribution in [2.45, 2.75) is 89.9 Å². The number of carbonyl (C=O) groups is 6. The van der Waals surface area contributed by atoms with Crippen LogP contribution in [0.25, 0.3) is 0 Å². The molecule has 1 fully saturated rings. The second-order valence-corrected chi connectivity index (χ2v) is 14.3. The Balaban J connectivity index is 1.60. The van der Waals surface area contributed by atoms with Gasteiger partial charge >= 0.3 is 12.1 Å². The maximum atomic E-state index is 13.3. The standard InChI is InChI=1S/C36H45N5O8S/c1-23(42)50-22-26(19-24-9-6-5-7-10-24)32(44)39-30(34(46)47)20-25-12-14-27(15-13-25)38-31(43)17-16-29(40-35(48)49-36(2,3)4)33(45)41-18-8-11-28(41)21-37/h5-7,9-10,12-15,26,28-30H,8,11,16-20,22H2,1-4H3,(H,38,43)(H,39,44)(H,40,48)(H,46,47). The summed E-state index contributed by atoms with van der Waals surface area (Å²) in [5, 5.41) is 27.1. The minimum absolute atomic E-state index is 0.0203. The Bertz CT molecular complexity index is 1550. The molecule has 0 radical (unpaired) electrons. The Morgan fingerprint density at radius 2 is 1.64 bits per heavy atom. The van der Waals surface area contributed by atoms with E-state index in [9.17, 15) is 39.1 Å². The number of hydrogen-bond acceptors (Lipinski definition) is 9. The molecule has 3 rings (SSSR count). The molecule has 1 aliphatic rings. The predicted molar refractivity (Wildman–Crippen MR) is 188 cm³/mol. The van der Waals surface area contributed by atoms with Gasteiger partial charge in [0.05, 0.1) is 12.0 Å². The number of benzene rings is 2. The summed E-state index contributed by atoms with van der Waals surface area (Å²) in [6, 6.07) is 14.9. The van der Waals surface area contributed by atoms with E-state index in [0.29, 0.717) is 37.1 Å². The summed E-state index contributed by atoms with van der Waals surface area (Å²) in [7, 11) is 0. The lowest BCUT2D eigenvalue weighted by Crippen LogP contribution is -2.51. The average molecular weight is 708 g/mol. The first-order valence-electron chi connectivity index (χ1n) is 16.4. The van der Waals surface area contributed by atoms with E-state index in [4.69, 9.17) is 4.74 Å². The Labute approximate surface area is 296 Å². The zero-order valence-electron chi connectivity index (χ0n) is 28.8. The topological polar surface area (TPSA) is 195 Å². The highest BCUT2D eigenvalue weighted by molar-refractivity contribution is 8.13. The van der Waals surface area contributed by atoms with Gasteiger partial charge in [-0.3, -0.25) is 19.2 Å². The Morgan fingerprint density at radius 3 is 2.24 bits per heavy atom. The Kier molecular flexibility index (Phi) is 14.8. The van der Waals surface area contributed by atoms with Crippen LogP contribution in [0.3, 0.4) is 0 Å². The molecule has 13 nitrogen and oxygen atoms in total. The third-order valence-electron chi connectivity index (χ3n) is 7.81. The van der Waals surface area contributed by atoms with Gasteiger partial charge in [0.25, 0.3) is 0 Å². The zero-order chi connectivity index (χ0) is 36.8. The first kappa shape index (κ1) is 39.5. The number of nitriles is 1. The molecule has 4 atom stereocenters. The molecule has 268 valence electrons. The summed E-state index contributed by atoms with van der Waals surface area (Å²) in [5.41, 5.74) is 1.10. The third kappa shape index (κ3) is 13.2. The monoisotopic (exact) mass is 707 g/mol. The molecule has 0 aliphatic carbocycles. The molecule has 0 bridgehead atoms. The lowest BCUT2D eigenvalue weighted by molar-refractivity contribution is -0.142. The number of alkyl carbamates (subject to hydrolysis) is 1. The summed E-state index contributed by atoms with van der Waals surface area (Å²) >= 11 is 1.01. The number of carboxylic acids is 1. The van der Waals surface area contributed by atoms with E-state index in [-0.39, 0.29) is 30.1 Å². The molecule has 50 heavy (non-hydrogen) atoms. The number of nitrogens with one attached hydrogen (secondary N) is 3. The first-order chi connectivity index (χ1) is 23.6. The van der Waals surface area contributed by atoms with E-state index >= 15 is 0 Å². The number of likely N-dealkylation sites (tertiary alicyclic amines) is 1. The van der Waals surface area contributed by atoms with E-state index in [0.717, 1.165) is 17.3 Å². The summed E-state index contributed by atoms with van der Waals surface area (Å²) in [5.74, 6) is -2.98. The molecule has 1 aliphatic heterocycles. The number of amides is 4. The van der Waals surface area contributed by atoms with Gasteiger partial charge in [-0.05, 0) is 69.7 Å². The molecule has 4 amide bonds. The van der Waals surface area contributed by atoms with E-state index in [1.165, 1.54) is 11.8 Å². The molecule has 0 spiro atoms. The van der Waals surface area contributed by atoms with Crippen LogP contribution < -0.4 is 16.0 Å². The van der Waals surface area contributed by atoms with Gasteiger partial charge < -0.3 is 30.7 Å². The molecule has 14 heteroatoms. The van der Waals surface area contributed by atoms with Crippen molar-refractivity contribution >= 4 is 52.3 Å². The molecular formula is C36H45N5O8S. The first-order valence-corrected chi connectivity index (χ1v) is 17.4. The Morgan fingerprint density at radius 1 is 0.980 bits per heavy atom. The second-order valence-electron chi connectivity index (χ2n) is 13.1. The number of nitrogens with zero attached hydrogens (tertiary/aromatic N) is 2. The van der Waals surface area contributed by atoms with Crippen LogP contribution in [0.5, 0.6) is 0 Å². The molecule has 4 N–H and O–H groups in total. The van der Waals surface area contributed by atoms with E-state index in [1.54, 1.807) is 45.0 Å². The van der Waals surface area contributed by atoms with Crippen LogP contribution in [0.2, 0.25) is 0 Å². The summed E-state index contributed by atoms with van der Waals surface area (Å²) < 4.78 is 5.31. The van der Waals surface area contributed by atoms with Crippen molar-refractivity contribution in [3.8, 4) is 6.07 Å². The number of ether oxygens (including phenoxy) is 1. The van der Waals surface area contributed by atoms with E-state index < -0.39 is 59.4 Å². The van der Waals surface area contributed by atoms with Crippen LogP contribution in [0.4, 0.5) is 10.5 Å². The molecule has 4 unspecified atom stereocenters. The molecule has 2 aromatic carbocycles. The second kappa shape index (κ2) is 18.7. The van der Waals surface area contributed by atoms with Crippen LogP contribution in [-0.4, -0.2) is 80.9 Å². The molecule has 0 aromatic heterocycles. The van der Waals surface area contributed by atoms with E-state index in [2.05, 4.69) is 22.0 Å². The highest BCUT2D eigenvalue weighted by Crippen LogP contribution is 2.20. The lowest BCUT2D eigenvalue weighted by Gasteiger charge is -2.27. The molecule has 1 saturated heterocycles. The van der Waals surface area contributed by atoms with Crippen LogP contribution >= 0.6 is 11.8 Å². The smallest absolute Gasteiger partial charge is 0.408 e. The fourth-order valence-electron chi connectivity index (χ4n) is 5.36. The van der Waals surface area contributed by atoms with Crippen molar-refractivity contribution in [1.82, 2.24) is 15.5 Å². The Hall–Kier alpha value is -4.90. The minimum atomic E-state index is -1.23. The fraction of sp³-hybridized carbons (Fsp3) is 0.472. The van der Waals surface area contributed by atoms with Crippen LogP contribution in [-0.2, 0) is 41.6 Å². The van der Waals surface area contributed by atoms with E-state index in [1.807, 2.05) is 30.3 Å². The van der Waals surface area contributed by atoms with Gasteiger partial charge in [-0.1, -0.05) is 54.2 Å².